The fraction of sp³-hybridized carbons (Fsp3) is 0.182. The lowest BCUT2D eigenvalue weighted by molar-refractivity contribution is -0.138. The van der Waals surface area contributed by atoms with Gasteiger partial charge in [0.15, 0.2) is 5.84 Å². The quantitative estimate of drug-likeness (QED) is 0.380. The van der Waals surface area contributed by atoms with Crippen LogP contribution < -0.4 is 11.2 Å². The predicted molar refractivity (Wildman–Crippen MR) is 66.0 cm³/mol. The summed E-state index contributed by atoms with van der Waals surface area (Å²) in [4.78, 5) is 0. The summed E-state index contributed by atoms with van der Waals surface area (Å²) in [5, 5.41) is 28.1. The van der Waals surface area contributed by atoms with Crippen molar-refractivity contribution in [2.45, 2.75) is 12.8 Å². The Morgan fingerprint density at radius 2 is 2.15 bits per heavy atom. The molecule has 0 aliphatic heterocycles. The van der Waals surface area contributed by atoms with Crippen molar-refractivity contribution in [2.75, 3.05) is 5.43 Å². The third-order valence-electron chi connectivity index (χ3n) is 2.29. The fourth-order valence-corrected chi connectivity index (χ4v) is 1.39. The third kappa shape index (κ3) is 3.46. The van der Waals surface area contributed by atoms with Crippen molar-refractivity contribution in [3.05, 3.63) is 29.3 Å². The summed E-state index contributed by atoms with van der Waals surface area (Å²) in [5.74, 6) is -0.627. The molecule has 1 aromatic rings. The molecule has 0 spiro atoms. The minimum Gasteiger partial charge on any atom is -0.392 e. The Hall–Kier alpha value is -2.60. The minimum atomic E-state index is -4.63. The van der Waals surface area contributed by atoms with Gasteiger partial charge in [-0.05, 0) is 12.1 Å². The fourth-order valence-electron chi connectivity index (χ4n) is 1.39. The van der Waals surface area contributed by atoms with Gasteiger partial charge in [-0.15, -0.1) is 0 Å². The maximum atomic E-state index is 12.7. The summed E-state index contributed by atoms with van der Waals surface area (Å²) in [6, 6.07) is 4.70. The molecule has 0 radical (unpaired) electrons. The summed E-state index contributed by atoms with van der Waals surface area (Å²) in [5.41, 5.74) is 5.20. The van der Waals surface area contributed by atoms with Crippen LogP contribution in [0.5, 0.6) is 0 Å². The van der Waals surface area contributed by atoms with Crippen molar-refractivity contribution in [1.82, 2.24) is 0 Å². The van der Waals surface area contributed by atoms with Gasteiger partial charge in [0.05, 0.1) is 17.9 Å². The molecule has 0 aliphatic rings. The van der Waals surface area contributed by atoms with Gasteiger partial charge in [0.25, 0.3) is 0 Å². The molecule has 0 atom stereocenters. The van der Waals surface area contributed by atoms with Crippen molar-refractivity contribution in [3.8, 4) is 6.07 Å². The van der Waals surface area contributed by atoms with Crippen molar-refractivity contribution in [2.24, 2.45) is 10.8 Å². The van der Waals surface area contributed by atoms with Gasteiger partial charge in [0, 0.05) is 5.56 Å². The number of benzene rings is 1. The highest BCUT2D eigenvalue weighted by Gasteiger charge is 2.33. The zero-order chi connectivity index (χ0) is 15.3. The predicted octanol–water partition coefficient (Wildman–Crippen LogP) is 1.43. The Morgan fingerprint density at radius 1 is 1.50 bits per heavy atom. The van der Waals surface area contributed by atoms with Crippen LogP contribution in [0, 0.1) is 16.7 Å². The van der Waals surface area contributed by atoms with Gasteiger partial charge in [-0.2, -0.15) is 23.5 Å². The lowest BCUT2D eigenvalue weighted by atomic mass is 10.1. The maximum absolute atomic E-state index is 12.7. The van der Waals surface area contributed by atoms with Gasteiger partial charge in [0.2, 0.25) is 5.71 Å². The molecule has 0 fully saturated rings. The highest BCUT2D eigenvalue weighted by Crippen LogP contribution is 2.35. The van der Waals surface area contributed by atoms with Crippen LogP contribution in [0.4, 0.5) is 18.9 Å². The summed E-state index contributed by atoms with van der Waals surface area (Å²) >= 11 is 0. The smallest absolute Gasteiger partial charge is 0.392 e. The number of anilines is 1. The van der Waals surface area contributed by atoms with Crippen molar-refractivity contribution in [3.63, 3.8) is 0 Å². The van der Waals surface area contributed by atoms with E-state index in [1.807, 2.05) is 0 Å². The molecule has 0 aromatic heterocycles. The molecule has 5 N–H and O–H groups in total. The molecule has 6 nitrogen and oxygen atoms in total. The van der Waals surface area contributed by atoms with Gasteiger partial charge in [-0.3, -0.25) is 10.8 Å². The molecule has 0 bridgehead atoms. The van der Waals surface area contributed by atoms with E-state index in [9.17, 15) is 13.2 Å². The monoisotopic (exact) mass is 285 g/mol. The molecule has 0 aliphatic carbocycles. The van der Waals surface area contributed by atoms with E-state index in [0.717, 1.165) is 12.1 Å². The molecular formula is C11H10F3N5O. The van der Waals surface area contributed by atoms with Crippen LogP contribution in [0.25, 0.3) is 0 Å². The Morgan fingerprint density at radius 3 is 2.60 bits per heavy atom. The van der Waals surface area contributed by atoms with Gasteiger partial charge in [-0.25, -0.2) is 0 Å². The van der Waals surface area contributed by atoms with E-state index in [-0.39, 0.29) is 5.69 Å². The topological polar surface area (TPSA) is 118 Å². The molecule has 1 rings (SSSR count). The number of hydrazone groups is 1. The first-order chi connectivity index (χ1) is 9.31. The number of halogens is 3. The highest BCUT2D eigenvalue weighted by atomic mass is 19.4. The molecule has 1 aromatic carbocycles. The molecule has 0 saturated carbocycles. The normalized spacial score (nSPS) is 11.8. The summed E-state index contributed by atoms with van der Waals surface area (Å²) in [7, 11) is 0. The molecule has 0 unspecified atom stereocenters. The van der Waals surface area contributed by atoms with Crippen LogP contribution in [-0.2, 0) is 12.8 Å². The molecule has 106 valence electrons. The number of nitrogens with zero attached hydrogens (tertiary/aromatic N) is 2. The molecule has 20 heavy (non-hydrogen) atoms. The summed E-state index contributed by atoms with van der Waals surface area (Å²) < 4.78 is 38.2. The van der Waals surface area contributed by atoms with Gasteiger partial charge >= 0.3 is 6.18 Å². The number of nitrogens with one attached hydrogen (secondary N) is 2. The zero-order valence-corrected chi connectivity index (χ0v) is 9.99. The van der Waals surface area contributed by atoms with Crippen LogP contribution in [-0.4, -0.2) is 16.7 Å². The maximum Gasteiger partial charge on any atom is 0.416 e. The zero-order valence-electron chi connectivity index (χ0n) is 9.99. The Kier molecular flexibility index (Phi) is 4.66. The van der Waals surface area contributed by atoms with E-state index in [0.29, 0.717) is 0 Å². The Bertz CT molecular complexity index is 589. The van der Waals surface area contributed by atoms with Gasteiger partial charge in [0.1, 0.15) is 6.07 Å². The number of hydrogen-bond donors (Lipinski definition) is 4. The number of nitrogens with two attached hydrogens (primary N) is 1. The molecular weight excluding hydrogens is 275 g/mol. The van der Waals surface area contributed by atoms with Crippen LogP contribution in [0.1, 0.15) is 11.1 Å². The molecule has 0 saturated heterocycles. The van der Waals surface area contributed by atoms with Crippen LogP contribution in [0.2, 0.25) is 0 Å². The standard InChI is InChI=1S/C11H10F3N5O/c12-11(13,14)7-2-1-3-8(6(7)5-20)18-19-9(4-15)10(16)17/h1-3,18,20H,5H2,(H3,16,17)/b19-9+. The summed E-state index contributed by atoms with van der Waals surface area (Å²) in [6.07, 6.45) is -4.63. The highest BCUT2D eigenvalue weighted by molar-refractivity contribution is 6.45. The van der Waals surface area contributed by atoms with E-state index in [1.54, 1.807) is 0 Å². The van der Waals surface area contributed by atoms with Crippen LogP contribution in [0.15, 0.2) is 23.3 Å². The number of aliphatic hydroxyl groups is 1. The van der Waals surface area contributed by atoms with E-state index >= 15 is 0 Å². The van der Waals surface area contributed by atoms with Gasteiger partial charge in [-0.1, -0.05) is 6.07 Å². The van der Waals surface area contributed by atoms with E-state index < -0.39 is 35.5 Å². The van der Waals surface area contributed by atoms with E-state index in [4.69, 9.17) is 21.5 Å². The largest absolute Gasteiger partial charge is 0.416 e. The van der Waals surface area contributed by atoms with Crippen molar-refractivity contribution in [1.29, 1.82) is 10.7 Å². The van der Waals surface area contributed by atoms with E-state index in [1.165, 1.54) is 12.1 Å². The van der Waals surface area contributed by atoms with Crippen molar-refractivity contribution < 1.29 is 18.3 Å². The number of alkyl halides is 3. The van der Waals surface area contributed by atoms with E-state index in [2.05, 4.69) is 10.5 Å². The minimum absolute atomic E-state index is 0.128. The molecule has 0 amide bonds. The second kappa shape index (κ2) is 6.03. The van der Waals surface area contributed by atoms with Crippen LogP contribution in [0.3, 0.4) is 0 Å². The first kappa shape index (κ1) is 15.5. The Labute approximate surface area is 111 Å². The van der Waals surface area contributed by atoms with Crippen molar-refractivity contribution >= 4 is 17.2 Å². The third-order valence-corrected chi connectivity index (χ3v) is 2.29. The van der Waals surface area contributed by atoms with Gasteiger partial charge < -0.3 is 10.8 Å². The number of nitriles is 1. The summed E-state index contributed by atoms with van der Waals surface area (Å²) in [6.45, 7) is -0.866. The average molecular weight is 285 g/mol. The second-order valence-corrected chi connectivity index (χ2v) is 3.59. The number of hydrogen-bond acceptors (Lipinski definition) is 5. The SMILES string of the molecule is N#C/C(=N\Nc1cccc(C(F)(F)F)c1CO)C(=N)N. The lowest BCUT2D eigenvalue weighted by Crippen LogP contribution is -2.22. The Balaban J connectivity index is 3.21. The average Bonchev–Trinajstić information content (AvgIpc) is 2.37. The molecule has 9 heteroatoms. The lowest BCUT2D eigenvalue weighted by Gasteiger charge is -2.14. The number of aliphatic hydroxyl groups excluding tert-OH is 1. The molecule has 0 heterocycles. The van der Waals surface area contributed by atoms with Crippen LogP contribution >= 0.6 is 0 Å². The number of rotatable bonds is 4. The first-order valence-electron chi connectivity index (χ1n) is 5.19. The first-order valence-corrected chi connectivity index (χ1v) is 5.19. The number of amidine groups is 1. The second-order valence-electron chi connectivity index (χ2n) is 3.59.